The Hall–Kier alpha value is -3.07. The lowest BCUT2D eigenvalue weighted by Crippen LogP contribution is -2.39. The molecule has 0 radical (unpaired) electrons. The van der Waals surface area contributed by atoms with Gasteiger partial charge in [0.15, 0.2) is 0 Å². The van der Waals surface area contributed by atoms with Gasteiger partial charge in [-0.15, -0.1) is 0 Å². The van der Waals surface area contributed by atoms with Crippen molar-refractivity contribution in [3.63, 3.8) is 0 Å². The molecule has 0 saturated carbocycles. The van der Waals surface area contributed by atoms with Crippen LogP contribution in [0.2, 0.25) is 10.0 Å². The van der Waals surface area contributed by atoms with Crippen molar-refractivity contribution in [1.29, 1.82) is 0 Å². The lowest BCUT2D eigenvalue weighted by molar-refractivity contribution is -0.119. The molecule has 1 amide bonds. The zero-order chi connectivity index (χ0) is 24.6. The second kappa shape index (κ2) is 11.9. The summed E-state index contributed by atoms with van der Waals surface area (Å²) in [5, 5.41) is 4.66. The summed E-state index contributed by atoms with van der Waals surface area (Å²) < 4.78 is 33.1. The van der Waals surface area contributed by atoms with Crippen LogP contribution in [-0.2, 0) is 14.8 Å². The summed E-state index contributed by atoms with van der Waals surface area (Å²) in [6, 6.07) is 19.1. The number of carbonyl (C=O) groups excluding carboxylic acids is 1. The van der Waals surface area contributed by atoms with E-state index in [0.29, 0.717) is 16.7 Å². The fourth-order valence-corrected chi connectivity index (χ4v) is 4.62. The Morgan fingerprint density at radius 3 is 2.38 bits per heavy atom. The predicted octanol–water partition coefficient (Wildman–Crippen LogP) is 5.13. The Kier molecular flexibility index (Phi) is 8.92. The van der Waals surface area contributed by atoms with E-state index in [-0.39, 0.29) is 10.6 Å². The number of rotatable bonds is 10. The highest BCUT2D eigenvalue weighted by molar-refractivity contribution is 7.92. The van der Waals surface area contributed by atoms with E-state index < -0.39 is 22.5 Å². The quantitative estimate of drug-likeness (QED) is 0.297. The number of ether oxygens (including phenoxy) is 1. The summed E-state index contributed by atoms with van der Waals surface area (Å²) in [6.07, 6.45) is 2.37. The van der Waals surface area contributed by atoms with Crippen LogP contribution in [0, 0.1) is 0 Å². The van der Waals surface area contributed by atoms with Gasteiger partial charge in [-0.25, -0.2) is 13.8 Å². The van der Waals surface area contributed by atoms with E-state index in [1.165, 1.54) is 36.5 Å². The minimum Gasteiger partial charge on any atom is -0.494 e. The molecule has 0 bridgehead atoms. The normalized spacial score (nSPS) is 11.4. The van der Waals surface area contributed by atoms with Gasteiger partial charge >= 0.3 is 0 Å². The van der Waals surface area contributed by atoms with Crippen LogP contribution in [0.15, 0.2) is 82.8 Å². The number of anilines is 1. The van der Waals surface area contributed by atoms with Crippen LogP contribution in [-0.4, -0.2) is 33.7 Å². The van der Waals surface area contributed by atoms with Crippen molar-refractivity contribution in [2.24, 2.45) is 5.10 Å². The molecular weight excluding hydrogens is 497 g/mol. The smallest absolute Gasteiger partial charge is 0.264 e. The van der Waals surface area contributed by atoms with Gasteiger partial charge in [-0.2, -0.15) is 5.10 Å². The van der Waals surface area contributed by atoms with Crippen LogP contribution in [0.4, 0.5) is 5.69 Å². The van der Waals surface area contributed by atoms with E-state index in [1.807, 2.05) is 6.92 Å². The SMILES string of the molecule is CCCOc1ccc(/C=N\NC(=O)CN(c2cccc(Cl)c2)S(=O)(=O)c2ccc(Cl)cc2)cc1. The summed E-state index contributed by atoms with van der Waals surface area (Å²) in [5.41, 5.74) is 3.35. The first-order valence-corrected chi connectivity index (χ1v) is 12.6. The first-order valence-electron chi connectivity index (χ1n) is 10.4. The Bertz CT molecular complexity index is 1250. The molecule has 3 aromatic rings. The molecule has 0 spiro atoms. The van der Waals surface area contributed by atoms with Crippen molar-refractivity contribution in [3.8, 4) is 5.75 Å². The average molecular weight is 520 g/mol. The van der Waals surface area contributed by atoms with Crippen LogP contribution in [0.1, 0.15) is 18.9 Å². The molecule has 0 aliphatic heterocycles. The Labute approximate surface area is 209 Å². The molecule has 10 heteroatoms. The maximum Gasteiger partial charge on any atom is 0.264 e. The van der Waals surface area contributed by atoms with Gasteiger partial charge in [0.1, 0.15) is 12.3 Å². The van der Waals surface area contributed by atoms with Gasteiger partial charge in [-0.3, -0.25) is 9.10 Å². The van der Waals surface area contributed by atoms with Gasteiger partial charge in [0.2, 0.25) is 0 Å². The lowest BCUT2D eigenvalue weighted by Gasteiger charge is -2.23. The number of carbonyl (C=O) groups is 1. The molecule has 34 heavy (non-hydrogen) atoms. The summed E-state index contributed by atoms with van der Waals surface area (Å²) in [7, 11) is -4.08. The summed E-state index contributed by atoms with van der Waals surface area (Å²) in [4.78, 5) is 12.6. The molecule has 0 aliphatic rings. The lowest BCUT2D eigenvalue weighted by atomic mass is 10.2. The van der Waals surface area contributed by atoms with E-state index in [1.54, 1.807) is 42.5 Å². The van der Waals surface area contributed by atoms with Crippen molar-refractivity contribution in [2.75, 3.05) is 17.5 Å². The van der Waals surface area contributed by atoms with E-state index in [0.717, 1.165) is 22.0 Å². The number of nitrogens with one attached hydrogen (secondary N) is 1. The van der Waals surface area contributed by atoms with Crippen LogP contribution >= 0.6 is 23.2 Å². The zero-order valence-corrected chi connectivity index (χ0v) is 20.6. The number of benzene rings is 3. The topological polar surface area (TPSA) is 88.1 Å². The highest BCUT2D eigenvalue weighted by atomic mass is 35.5. The summed E-state index contributed by atoms with van der Waals surface area (Å²) in [5.74, 6) is 0.115. The predicted molar refractivity (Wildman–Crippen MR) is 135 cm³/mol. The number of hydrazone groups is 1. The Balaban J connectivity index is 1.75. The first kappa shape index (κ1) is 25.6. The molecule has 3 rings (SSSR count). The maximum atomic E-state index is 13.3. The number of hydrogen-bond acceptors (Lipinski definition) is 5. The summed E-state index contributed by atoms with van der Waals surface area (Å²) in [6.45, 7) is 2.15. The van der Waals surface area contributed by atoms with Gasteiger partial charge in [-0.05, 0) is 78.7 Å². The molecule has 0 heterocycles. The molecule has 0 fully saturated rings. The van der Waals surface area contributed by atoms with Gasteiger partial charge in [0, 0.05) is 10.0 Å². The number of sulfonamides is 1. The standard InChI is InChI=1S/C24H23Cl2N3O4S/c1-2-14-33-22-10-6-18(7-11-22)16-27-28-24(30)17-29(21-5-3-4-20(26)15-21)34(31,32)23-12-8-19(25)9-13-23/h3-13,15-16H,2,14,17H2,1H3,(H,28,30)/b27-16-. The van der Waals surface area contributed by atoms with E-state index in [2.05, 4.69) is 10.5 Å². The fourth-order valence-electron chi connectivity index (χ4n) is 2.89. The fraction of sp³-hybridized carbons (Fsp3) is 0.167. The molecular formula is C24H23Cl2N3O4S. The molecule has 178 valence electrons. The number of nitrogens with zero attached hydrogens (tertiary/aromatic N) is 2. The third-order valence-corrected chi connectivity index (χ3v) is 6.82. The molecule has 0 saturated heterocycles. The van der Waals surface area contributed by atoms with Crippen LogP contribution in [0.3, 0.4) is 0 Å². The third kappa shape index (κ3) is 6.96. The second-order valence-electron chi connectivity index (χ2n) is 7.16. The molecule has 3 aromatic carbocycles. The van der Waals surface area contributed by atoms with Crippen molar-refractivity contribution in [1.82, 2.24) is 5.43 Å². The Morgan fingerprint density at radius 2 is 1.74 bits per heavy atom. The molecule has 1 N–H and O–H groups in total. The van der Waals surface area contributed by atoms with Crippen molar-refractivity contribution in [2.45, 2.75) is 18.2 Å². The van der Waals surface area contributed by atoms with E-state index >= 15 is 0 Å². The van der Waals surface area contributed by atoms with Crippen molar-refractivity contribution >= 4 is 51.0 Å². The second-order valence-corrected chi connectivity index (χ2v) is 9.89. The van der Waals surface area contributed by atoms with Crippen LogP contribution in [0.5, 0.6) is 5.75 Å². The molecule has 0 atom stereocenters. The zero-order valence-electron chi connectivity index (χ0n) is 18.3. The van der Waals surface area contributed by atoms with Crippen molar-refractivity contribution < 1.29 is 17.9 Å². The number of hydrogen-bond donors (Lipinski definition) is 1. The maximum absolute atomic E-state index is 13.3. The molecule has 0 unspecified atom stereocenters. The van der Waals surface area contributed by atoms with Gasteiger partial charge in [-0.1, -0.05) is 36.2 Å². The third-order valence-electron chi connectivity index (χ3n) is 4.54. The van der Waals surface area contributed by atoms with Crippen LogP contribution < -0.4 is 14.5 Å². The highest BCUT2D eigenvalue weighted by Crippen LogP contribution is 2.26. The van der Waals surface area contributed by atoms with Crippen molar-refractivity contribution in [3.05, 3.63) is 88.4 Å². The van der Waals surface area contributed by atoms with Crippen LogP contribution in [0.25, 0.3) is 0 Å². The first-order chi connectivity index (χ1) is 16.3. The van der Waals surface area contributed by atoms with Gasteiger partial charge < -0.3 is 4.74 Å². The summed E-state index contributed by atoms with van der Waals surface area (Å²) >= 11 is 12.0. The average Bonchev–Trinajstić information content (AvgIpc) is 2.82. The molecule has 0 aliphatic carbocycles. The van der Waals surface area contributed by atoms with Gasteiger partial charge in [0.25, 0.3) is 15.9 Å². The monoisotopic (exact) mass is 519 g/mol. The number of halogens is 2. The van der Waals surface area contributed by atoms with Gasteiger partial charge in [0.05, 0.1) is 23.4 Å². The Morgan fingerprint density at radius 1 is 1.03 bits per heavy atom. The van der Waals surface area contributed by atoms with E-state index in [4.69, 9.17) is 27.9 Å². The van der Waals surface area contributed by atoms with E-state index in [9.17, 15) is 13.2 Å². The molecule has 7 nitrogen and oxygen atoms in total. The minimum absolute atomic E-state index is 0.0152. The highest BCUT2D eigenvalue weighted by Gasteiger charge is 2.27. The number of amides is 1. The largest absolute Gasteiger partial charge is 0.494 e. The molecule has 0 aromatic heterocycles. The minimum atomic E-state index is -4.08.